The molecule has 6 heteroatoms. The molecule has 1 aromatic rings. The Balaban J connectivity index is 1.36. The summed E-state index contributed by atoms with van der Waals surface area (Å²) in [5.74, 6) is 0.914. The summed E-state index contributed by atoms with van der Waals surface area (Å²) in [7, 11) is 0. The van der Waals surface area contributed by atoms with Crippen LogP contribution in [0.1, 0.15) is 18.4 Å². The molecular formula is C18H26N2O3S. The van der Waals surface area contributed by atoms with Gasteiger partial charge >= 0.3 is 0 Å². The number of likely N-dealkylation sites (tertiary alicyclic amines) is 1. The van der Waals surface area contributed by atoms with Crippen LogP contribution in [0.3, 0.4) is 0 Å². The minimum absolute atomic E-state index is 0.156. The van der Waals surface area contributed by atoms with Crippen molar-refractivity contribution in [3.63, 3.8) is 0 Å². The fraction of sp³-hybridized carbons (Fsp3) is 0.722. The summed E-state index contributed by atoms with van der Waals surface area (Å²) in [6.07, 6.45) is 1.95. The number of ether oxygens (including phenoxy) is 2. The molecule has 3 saturated heterocycles. The Hall–Kier alpha value is -0.950. The quantitative estimate of drug-likeness (QED) is 0.834. The van der Waals surface area contributed by atoms with E-state index in [0.717, 1.165) is 65.4 Å². The van der Waals surface area contributed by atoms with Gasteiger partial charge in [0.15, 0.2) is 0 Å². The van der Waals surface area contributed by atoms with Crippen molar-refractivity contribution in [3.05, 3.63) is 22.4 Å². The molecule has 3 aliphatic rings. The number of rotatable bonds is 3. The van der Waals surface area contributed by atoms with E-state index in [4.69, 9.17) is 9.47 Å². The van der Waals surface area contributed by atoms with E-state index in [2.05, 4.69) is 26.6 Å². The van der Waals surface area contributed by atoms with Gasteiger partial charge in [0.2, 0.25) is 5.91 Å². The fourth-order valence-corrected chi connectivity index (χ4v) is 4.79. The molecule has 4 rings (SSSR count). The number of hydrogen-bond acceptors (Lipinski definition) is 5. The molecule has 3 aliphatic heterocycles. The lowest BCUT2D eigenvalue weighted by atomic mass is 9.99. The molecule has 3 fully saturated rings. The lowest BCUT2D eigenvalue weighted by molar-refractivity contribution is -0.138. The molecule has 4 heterocycles. The van der Waals surface area contributed by atoms with Gasteiger partial charge in [-0.05, 0) is 35.2 Å². The lowest BCUT2D eigenvalue weighted by Gasteiger charge is -2.27. The highest BCUT2D eigenvalue weighted by atomic mass is 32.1. The Morgan fingerprint density at radius 2 is 2.08 bits per heavy atom. The van der Waals surface area contributed by atoms with Crippen molar-refractivity contribution < 1.29 is 14.3 Å². The zero-order chi connectivity index (χ0) is 16.4. The fourth-order valence-electron chi connectivity index (χ4n) is 4.13. The van der Waals surface area contributed by atoms with Gasteiger partial charge in [0, 0.05) is 57.8 Å². The second-order valence-electron chi connectivity index (χ2n) is 7.17. The Morgan fingerprint density at radius 1 is 1.21 bits per heavy atom. The van der Waals surface area contributed by atoms with Crippen molar-refractivity contribution in [2.24, 2.45) is 11.8 Å². The third-order valence-corrected chi connectivity index (χ3v) is 6.21. The maximum atomic E-state index is 12.8. The SMILES string of the molecule is O=C(C1CCOCC1)N1C[C@H]2CN(Cc3ccsc3)CCO[C@H]2C1. The molecular weight excluding hydrogens is 324 g/mol. The summed E-state index contributed by atoms with van der Waals surface area (Å²) in [5.41, 5.74) is 1.38. The molecule has 0 spiro atoms. The van der Waals surface area contributed by atoms with E-state index in [1.165, 1.54) is 5.56 Å². The summed E-state index contributed by atoms with van der Waals surface area (Å²) in [5, 5.41) is 4.36. The number of carbonyl (C=O) groups is 1. The standard InChI is InChI=1S/C18H26N2O3S/c21-18(15-1-5-22-6-2-15)20-11-16-10-19(4-7-23-17(16)12-20)9-14-3-8-24-13-14/h3,8,13,15-17H,1-2,4-7,9-12H2/t16-,17+/m1/s1. The van der Waals surface area contributed by atoms with Crippen LogP contribution in [0.25, 0.3) is 0 Å². The molecule has 0 N–H and O–H groups in total. The number of thiophene rings is 1. The van der Waals surface area contributed by atoms with Gasteiger partial charge in [0.05, 0.1) is 12.7 Å². The highest BCUT2D eigenvalue weighted by Crippen LogP contribution is 2.27. The highest BCUT2D eigenvalue weighted by Gasteiger charge is 2.40. The van der Waals surface area contributed by atoms with Crippen LogP contribution in [-0.2, 0) is 20.8 Å². The average molecular weight is 350 g/mol. The lowest BCUT2D eigenvalue weighted by Crippen LogP contribution is -2.38. The van der Waals surface area contributed by atoms with Crippen molar-refractivity contribution in [2.75, 3.05) is 46.0 Å². The second kappa shape index (κ2) is 7.52. The summed E-state index contributed by atoms with van der Waals surface area (Å²) < 4.78 is 11.5. The topological polar surface area (TPSA) is 42.0 Å². The molecule has 0 unspecified atom stereocenters. The smallest absolute Gasteiger partial charge is 0.225 e. The van der Waals surface area contributed by atoms with Crippen LogP contribution in [0.15, 0.2) is 16.8 Å². The van der Waals surface area contributed by atoms with Crippen LogP contribution >= 0.6 is 11.3 Å². The monoisotopic (exact) mass is 350 g/mol. The van der Waals surface area contributed by atoms with Crippen LogP contribution in [-0.4, -0.2) is 67.8 Å². The molecule has 2 atom stereocenters. The normalized spacial score (nSPS) is 29.4. The first-order valence-corrected chi connectivity index (χ1v) is 9.95. The van der Waals surface area contributed by atoms with Crippen LogP contribution < -0.4 is 0 Å². The van der Waals surface area contributed by atoms with Gasteiger partial charge in [-0.15, -0.1) is 0 Å². The van der Waals surface area contributed by atoms with Gasteiger partial charge in [0.25, 0.3) is 0 Å². The Morgan fingerprint density at radius 3 is 2.88 bits per heavy atom. The van der Waals surface area contributed by atoms with Crippen LogP contribution in [0.4, 0.5) is 0 Å². The van der Waals surface area contributed by atoms with E-state index >= 15 is 0 Å². The molecule has 0 bridgehead atoms. The largest absolute Gasteiger partial charge is 0.381 e. The molecule has 0 aromatic carbocycles. The van der Waals surface area contributed by atoms with E-state index in [1.807, 2.05) is 0 Å². The molecule has 1 aromatic heterocycles. The van der Waals surface area contributed by atoms with Gasteiger partial charge < -0.3 is 14.4 Å². The molecule has 0 aliphatic carbocycles. The Bertz CT molecular complexity index is 544. The zero-order valence-electron chi connectivity index (χ0n) is 14.1. The first kappa shape index (κ1) is 16.5. The summed E-state index contributed by atoms with van der Waals surface area (Å²) in [4.78, 5) is 17.3. The zero-order valence-corrected chi connectivity index (χ0v) is 14.9. The van der Waals surface area contributed by atoms with E-state index < -0.39 is 0 Å². The molecule has 5 nitrogen and oxygen atoms in total. The maximum Gasteiger partial charge on any atom is 0.225 e. The number of carbonyl (C=O) groups excluding carboxylic acids is 1. The molecule has 0 saturated carbocycles. The average Bonchev–Trinajstić information content (AvgIpc) is 3.22. The van der Waals surface area contributed by atoms with Crippen LogP contribution in [0, 0.1) is 11.8 Å². The molecule has 0 radical (unpaired) electrons. The summed E-state index contributed by atoms with van der Waals surface area (Å²) >= 11 is 1.75. The van der Waals surface area contributed by atoms with Crippen molar-refractivity contribution in [3.8, 4) is 0 Å². The predicted molar refractivity (Wildman–Crippen MR) is 92.9 cm³/mol. The summed E-state index contributed by atoms with van der Waals surface area (Å²) in [6, 6.07) is 2.20. The maximum absolute atomic E-state index is 12.8. The van der Waals surface area contributed by atoms with Gasteiger partial charge in [-0.3, -0.25) is 9.69 Å². The van der Waals surface area contributed by atoms with E-state index in [9.17, 15) is 4.79 Å². The third kappa shape index (κ3) is 3.67. The van der Waals surface area contributed by atoms with Crippen molar-refractivity contribution >= 4 is 17.2 Å². The second-order valence-corrected chi connectivity index (χ2v) is 7.95. The van der Waals surface area contributed by atoms with Gasteiger partial charge in [-0.25, -0.2) is 0 Å². The number of hydrogen-bond donors (Lipinski definition) is 0. The van der Waals surface area contributed by atoms with Gasteiger partial charge in [-0.1, -0.05) is 0 Å². The molecule has 24 heavy (non-hydrogen) atoms. The van der Waals surface area contributed by atoms with Crippen molar-refractivity contribution in [2.45, 2.75) is 25.5 Å². The Kier molecular flexibility index (Phi) is 5.17. The summed E-state index contributed by atoms with van der Waals surface area (Å²) in [6.45, 7) is 6.83. The third-order valence-electron chi connectivity index (χ3n) is 5.48. The number of nitrogens with zero attached hydrogens (tertiary/aromatic N) is 2. The molecule has 132 valence electrons. The van der Waals surface area contributed by atoms with Crippen molar-refractivity contribution in [1.82, 2.24) is 9.80 Å². The number of fused-ring (bicyclic) bond motifs is 1. The molecule has 1 amide bonds. The first-order valence-electron chi connectivity index (χ1n) is 9.01. The van der Waals surface area contributed by atoms with E-state index in [1.54, 1.807) is 11.3 Å². The van der Waals surface area contributed by atoms with Crippen LogP contribution in [0.5, 0.6) is 0 Å². The van der Waals surface area contributed by atoms with Crippen LogP contribution in [0.2, 0.25) is 0 Å². The van der Waals surface area contributed by atoms with E-state index in [-0.39, 0.29) is 12.0 Å². The minimum Gasteiger partial charge on any atom is -0.381 e. The van der Waals surface area contributed by atoms with Crippen molar-refractivity contribution in [1.29, 1.82) is 0 Å². The Labute approximate surface area is 147 Å². The van der Waals surface area contributed by atoms with E-state index in [0.29, 0.717) is 11.8 Å². The number of amides is 1. The van der Waals surface area contributed by atoms with Gasteiger partial charge in [-0.2, -0.15) is 11.3 Å². The van der Waals surface area contributed by atoms with Gasteiger partial charge in [0.1, 0.15) is 0 Å². The minimum atomic E-state index is 0.156. The first-order chi connectivity index (χ1) is 11.8. The highest BCUT2D eigenvalue weighted by molar-refractivity contribution is 7.07. The predicted octanol–water partition coefficient (Wildman–Crippen LogP) is 1.83.